The van der Waals surface area contributed by atoms with Gasteiger partial charge in [-0.1, -0.05) is 5.11 Å². The number of carbonyl (C=O) groups excluding carboxylic acids is 1. The summed E-state index contributed by atoms with van der Waals surface area (Å²) in [6.45, 7) is 0. The molecule has 0 unspecified atom stereocenters. The molecule has 81 valence electrons. The molecule has 16 heteroatoms. The van der Waals surface area contributed by atoms with Gasteiger partial charge in [0.2, 0.25) is 5.91 Å². The Morgan fingerprint density at radius 3 is 1.80 bits per heavy atom. The fraction of sp³-hybridized carbons (Fsp3) is 0.750. The quantitative estimate of drug-likeness (QED) is 0.220. The Hall–Kier alpha value is -0.506. The molecule has 1 aliphatic rings. The van der Waals surface area contributed by atoms with E-state index in [4.69, 9.17) is 57.7 Å². The van der Waals surface area contributed by atoms with Gasteiger partial charge in [0.15, 0.2) is 0 Å². The number of hydrogen-bond acceptors (Lipinski definition) is 2. The molecule has 1 fully saturated rings. The molecule has 1 saturated carbocycles. The van der Waals surface area contributed by atoms with Crippen molar-refractivity contribution >= 4 is 84.9 Å². The highest BCUT2D eigenvalue weighted by Crippen LogP contribution is 2.39. The molecule has 0 aromatic heterocycles. The minimum Gasteiger partial charge on any atom is -0.369 e. The number of carbonyl (C=O) groups is 1. The molecule has 13 radical (unpaired) electrons. The van der Waals surface area contributed by atoms with Crippen LogP contribution in [0.25, 0.3) is 10.4 Å². The van der Waals surface area contributed by atoms with Crippen LogP contribution >= 0.6 is 0 Å². The van der Waals surface area contributed by atoms with Crippen molar-refractivity contribution in [2.24, 2.45) is 10.8 Å². The number of nitrogens with zero attached hydrogens (tertiary/aromatic N) is 3. The third kappa shape index (κ3) is 5.86. The summed E-state index contributed by atoms with van der Waals surface area (Å²) >= 11 is 0. The number of azide groups is 1. The van der Waals surface area contributed by atoms with E-state index in [0.29, 0.717) is 12.8 Å². The minimum absolute atomic E-state index is 0.389. The van der Waals surface area contributed by atoms with E-state index in [2.05, 4.69) is 10.0 Å². The monoisotopic (exact) mass is 247 g/mol. The number of rotatable bonds is 6. The van der Waals surface area contributed by atoms with Gasteiger partial charge < -0.3 is 5.73 Å². The van der Waals surface area contributed by atoms with Gasteiger partial charge >= 0.3 is 0 Å². The first-order valence-corrected chi connectivity index (χ1v) is 5.91. The Labute approximate surface area is 129 Å². The zero-order chi connectivity index (χ0) is 15.9. The number of hydrogen-bond donors (Lipinski definition) is 1. The van der Waals surface area contributed by atoms with Crippen molar-refractivity contribution in [2.75, 3.05) is 0 Å². The fourth-order valence-electron chi connectivity index (χ4n) is 1.50. The summed E-state index contributed by atoms with van der Waals surface area (Å²) in [6.07, 6.45) is -0.941. The second kappa shape index (κ2) is 8.71. The largest absolute Gasteiger partial charge is 0.369 e. The van der Waals surface area contributed by atoms with E-state index in [1.54, 1.807) is 0 Å². The van der Waals surface area contributed by atoms with E-state index < -0.39 is 30.6 Å². The summed E-state index contributed by atoms with van der Waals surface area (Å²) < 4.78 is 0. The maximum atomic E-state index is 10.4. The lowest BCUT2D eigenvalue weighted by molar-refractivity contribution is -0.120. The van der Waals surface area contributed by atoms with E-state index in [1.807, 2.05) is 0 Å². The summed E-state index contributed by atoms with van der Waals surface area (Å²) in [4.78, 5) is 12.9. The van der Waals surface area contributed by atoms with Crippen molar-refractivity contribution in [3.05, 3.63) is 10.4 Å². The van der Waals surface area contributed by atoms with Gasteiger partial charge in [0.05, 0.1) is 0 Å². The molecule has 1 aliphatic carbocycles. The maximum absolute atomic E-state index is 10.4. The first-order chi connectivity index (χ1) is 9.21. The fourth-order valence-corrected chi connectivity index (χ4v) is 1.50. The molecule has 0 aromatic carbocycles. The zero-order valence-corrected chi connectivity index (χ0v) is 11.1. The maximum Gasteiger partial charge on any atom is 0.229 e. The van der Waals surface area contributed by atoms with Crippen LogP contribution < -0.4 is 5.73 Å². The molecule has 0 saturated heterocycles. The van der Waals surface area contributed by atoms with Crippen LogP contribution in [0.1, 0.15) is 12.8 Å². The normalized spacial score (nSPS) is 13.6. The molecule has 0 aliphatic heterocycles. The third-order valence-electron chi connectivity index (χ3n) is 2.97. The highest BCUT2D eigenvalue weighted by atomic mass is 16.1. The highest BCUT2D eigenvalue weighted by Gasteiger charge is 2.47. The Kier molecular flexibility index (Phi) is 8.49. The summed E-state index contributed by atoms with van der Waals surface area (Å²) in [5.74, 6) is -0.514. The summed E-state index contributed by atoms with van der Waals surface area (Å²) in [5.41, 5.74) is 12.0. The zero-order valence-electron chi connectivity index (χ0n) is 11.1. The number of amides is 1. The van der Waals surface area contributed by atoms with Gasteiger partial charge in [-0.05, 0) is 18.4 Å². The van der Waals surface area contributed by atoms with Crippen molar-refractivity contribution in [3.8, 4) is 0 Å². The molecule has 20 heavy (non-hydrogen) atoms. The molecule has 5 nitrogen and oxygen atoms in total. The summed E-state index contributed by atoms with van der Waals surface area (Å²) in [6, 6.07) is 0. The van der Waals surface area contributed by atoms with Crippen LogP contribution in [-0.2, 0) is 4.79 Å². The van der Waals surface area contributed by atoms with Crippen LogP contribution in [0, 0.1) is 0 Å². The van der Waals surface area contributed by atoms with Crippen LogP contribution in [0.15, 0.2) is 5.11 Å². The van der Waals surface area contributed by atoms with E-state index in [-0.39, 0.29) is 6.39 Å². The van der Waals surface area contributed by atoms with Gasteiger partial charge in [-0.15, -0.1) is 0 Å². The molecule has 0 aromatic rings. The molecular weight excluding hydrogens is 239 g/mol. The smallest absolute Gasteiger partial charge is 0.229 e. The standard InChI is InChI=1S/C4H6N4O.B11/c5-3(9)4(1-2-4)7-8-6;1-7-10(6)11(8(2)3)9(4)5/h1-2H2,(H2,5,9);. The van der Waals surface area contributed by atoms with E-state index >= 15 is 0 Å². The van der Waals surface area contributed by atoms with Crippen molar-refractivity contribution in [1.82, 2.24) is 0 Å². The van der Waals surface area contributed by atoms with Crippen LogP contribution in [0.3, 0.4) is 0 Å². The molecule has 1 rings (SSSR count). The molecule has 0 atom stereocenters. The predicted molar refractivity (Wildman–Crippen MR) is 93.6 cm³/mol. The van der Waals surface area contributed by atoms with Gasteiger partial charge in [0.1, 0.15) is 5.54 Å². The molecule has 0 spiro atoms. The SMILES string of the molecule is [B][B]B([B])B(B([B])[B])B([B])[B].[N-]=[N+]=NC1(C(N)=O)CC1. The average molecular weight is 245 g/mol. The second-order valence-electron chi connectivity index (χ2n) is 4.59. The Bertz CT molecular complexity index is 355. The number of nitrogens with two attached hydrogens (primary N) is 1. The molecule has 0 bridgehead atoms. The van der Waals surface area contributed by atoms with Gasteiger partial charge in [-0.3, -0.25) is 4.79 Å². The second-order valence-corrected chi connectivity index (χ2v) is 4.59. The van der Waals surface area contributed by atoms with Gasteiger partial charge in [0.25, 0.3) is 0 Å². The Morgan fingerprint density at radius 1 is 1.25 bits per heavy atom. The lowest BCUT2D eigenvalue weighted by atomic mass is 8.56. The van der Waals surface area contributed by atoms with Crippen LogP contribution in [0.2, 0.25) is 0 Å². The van der Waals surface area contributed by atoms with Crippen LogP contribution in [-0.4, -0.2) is 90.5 Å². The van der Waals surface area contributed by atoms with E-state index in [1.165, 1.54) is 7.06 Å². The Morgan fingerprint density at radius 2 is 1.70 bits per heavy atom. The summed E-state index contributed by atoms with van der Waals surface area (Å²) in [5, 5.41) is 3.27. The van der Waals surface area contributed by atoms with Crippen LogP contribution in [0.4, 0.5) is 0 Å². The Balaban J connectivity index is 0.000000367. The number of primary amides is 1. The molecule has 2 N–H and O–H groups in total. The van der Waals surface area contributed by atoms with Crippen molar-refractivity contribution in [3.63, 3.8) is 0 Å². The minimum atomic E-state index is -0.852. The first kappa shape index (κ1) is 19.5. The van der Waals surface area contributed by atoms with E-state index in [9.17, 15) is 4.79 Å². The summed E-state index contributed by atoms with van der Waals surface area (Å²) in [7, 11) is 33.5. The lowest BCUT2D eigenvalue weighted by Gasteiger charge is -2.25. The van der Waals surface area contributed by atoms with E-state index in [0.717, 1.165) is 0 Å². The molecular formula is C4H6B11N4O. The molecule has 1 amide bonds. The third-order valence-corrected chi connectivity index (χ3v) is 2.97. The lowest BCUT2D eigenvalue weighted by Crippen LogP contribution is -2.63. The molecule has 0 heterocycles. The highest BCUT2D eigenvalue weighted by molar-refractivity contribution is 8.01. The topological polar surface area (TPSA) is 91.8 Å². The average Bonchev–Trinajstić information content (AvgIpc) is 3.10. The van der Waals surface area contributed by atoms with Gasteiger partial charge in [-0.2, -0.15) is 0 Å². The van der Waals surface area contributed by atoms with Crippen molar-refractivity contribution in [2.45, 2.75) is 18.4 Å². The van der Waals surface area contributed by atoms with Crippen molar-refractivity contribution < 1.29 is 4.79 Å². The van der Waals surface area contributed by atoms with Crippen LogP contribution in [0.5, 0.6) is 0 Å². The first-order valence-electron chi connectivity index (χ1n) is 5.91. The van der Waals surface area contributed by atoms with Gasteiger partial charge in [-0.25, -0.2) is 0 Å². The van der Waals surface area contributed by atoms with Crippen molar-refractivity contribution in [1.29, 1.82) is 0 Å². The predicted octanol–water partition coefficient (Wildman–Crippen LogP) is -3.87. The van der Waals surface area contributed by atoms with Gasteiger partial charge in [0, 0.05) is 83.9 Å².